The highest BCUT2D eigenvalue weighted by Crippen LogP contribution is 2.06. The Bertz CT molecular complexity index is 265. The quantitative estimate of drug-likeness (QED) is 0.662. The van der Waals surface area contributed by atoms with E-state index in [1.54, 1.807) is 14.1 Å². The minimum atomic E-state index is -0.460. The predicted octanol–water partition coefficient (Wildman–Crippen LogP) is 1.03. The van der Waals surface area contributed by atoms with Gasteiger partial charge in [0.1, 0.15) is 12.6 Å². The van der Waals surface area contributed by atoms with Gasteiger partial charge in [0.2, 0.25) is 11.8 Å². The SMILES string of the molecule is CCCOCC(=O)NC(CC(C)C)C(=O)N(C)C. The first-order chi connectivity index (χ1) is 8.38. The predicted molar refractivity (Wildman–Crippen MR) is 71.2 cm³/mol. The molecule has 2 amide bonds. The van der Waals surface area contributed by atoms with Crippen molar-refractivity contribution in [2.45, 2.75) is 39.7 Å². The maximum Gasteiger partial charge on any atom is 0.246 e. The number of hydrogen-bond acceptors (Lipinski definition) is 3. The third-order valence-corrected chi connectivity index (χ3v) is 2.36. The van der Waals surface area contributed by atoms with E-state index in [2.05, 4.69) is 5.32 Å². The molecule has 0 aromatic heterocycles. The van der Waals surface area contributed by atoms with E-state index in [4.69, 9.17) is 4.74 Å². The van der Waals surface area contributed by atoms with Gasteiger partial charge in [0.05, 0.1) is 0 Å². The largest absolute Gasteiger partial charge is 0.372 e. The molecule has 0 bridgehead atoms. The molecule has 0 fully saturated rings. The number of amides is 2. The van der Waals surface area contributed by atoms with Crippen LogP contribution in [0.15, 0.2) is 0 Å². The van der Waals surface area contributed by atoms with Crippen molar-refractivity contribution in [1.29, 1.82) is 0 Å². The van der Waals surface area contributed by atoms with Gasteiger partial charge in [0.15, 0.2) is 0 Å². The van der Waals surface area contributed by atoms with E-state index in [0.717, 1.165) is 6.42 Å². The summed E-state index contributed by atoms with van der Waals surface area (Å²) in [6.45, 7) is 6.60. The number of carbonyl (C=O) groups excluding carboxylic acids is 2. The molecule has 5 nitrogen and oxygen atoms in total. The summed E-state index contributed by atoms with van der Waals surface area (Å²) in [7, 11) is 3.38. The summed E-state index contributed by atoms with van der Waals surface area (Å²) in [5.74, 6) is 0.0348. The number of ether oxygens (including phenoxy) is 1. The van der Waals surface area contributed by atoms with Crippen LogP contribution < -0.4 is 5.32 Å². The molecule has 1 N–H and O–H groups in total. The highest BCUT2D eigenvalue weighted by Gasteiger charge is 2.23. The van der Waals surface area contributed by atoms with Gasteiger partial charge < -0.3 is 15.0 Å². The minimum Gasteiger partial charge on any atom is -0.372 e. The zero-order valence-corrected chi connectivity index (χ0v) is 12.2. The molecule has 0 radical (unpaired) electrons. The van der Waals surface area contributed by atoms with Crippen molar-refractivity contribution >= 4 is 11.8 Å². The Morgan fingerprint density at radius 1 is 1.28 bits per heavy atom. The Kier molecular flexibility index (Phi) is 8.37. The van der Waals surface area contributed by atoms with E-state index >= 15 is 0 Å². The summed E-state index contributed by atoms with van der Waals surface area (Å²) in [4.78, 5) is 25.0. The van der Waals surface area contributed by atoms with Crippen LogP contribution in [0, 0.1) is 5.92 Å². The molecule has 0 aromatic carbocycles. The number of nitrogens with one attached hydrogen (secondary N) is 1. The fraction of sp³-hybridized carbons (Fsp3) is 0.846. The summed E-state index contributed by atoms with van der Waals surface area (Å²) in [5, 5.41) is 2.73. The van der Waals surface area contributed by atoms with E-state index in [9.17, 15) is 9.59 Å². The van der Waals surface area contributed by atoms with Crippen LogP contribution in [-0.4, -0.2) is 50.1 Å². The number of likely N-dealkylation sites (N-methyl/N-ethyl adjacent to an activating group) is 1. The molecule has 0 aliphatic heterocycles. The summed E-state index contributed by atoms with van der Waals surface area (Å²) in [6.07, 6.45) is 1.51. The standard InChI is InChI=1S/C13H26N2O3/c1-6-7-18-9-12(16)14-11(8-10(2)3)13(17)15(4)5/h10-11H,6-9H2,1-5H3,(H,14,16). The van der Waals surface area contributed by atoms with Gasteiger partial charge in [-0.25, -0.2) is 0 Å². The number of hydrogen-bond donors (Lipinski definition) is 1. The Morgan fingerprint density at radius 2 is 1.89 bits per heavy atom. The molecule has 0 saturated heterocycles. The maximum atomic E-state index is 11.9. The second kappa shape index (κ2) is 8.91. The Labute approximate surface area is 110 Å². The first-order valence-corrected chi connectivity index (χ1v) is 6.46. The third kappa shape index (κ3) is 7.27. The fourth-order valence-electron chi connectivity index (χ4n) is 1.55. The molecule has 0 rings (SSSR count). The lowest BCUT2D eigenvalue weighted by Gasteiger charge is -2.23. The van der Waals surface area contributed by atoms with Crippen LogP contribution in [0.5, 0.6) is 0 Å². The van der Waals surface area contributed by atoms with Crippen molar-refractivity contribution < 1.29 is 14.3 Å². The van der Waals surface area contributed by atoms with E-state index in [0.29, 0.717) is 18.9 Å². The monoisotopic (exact) mass is 258 g/mol. The highest BCUT2D eigenvalue weighted by molar-refractivity contribution is 5.87. The van der Waals surface area contributed by atoms with Crippen molar-refractivity contribution in [2.24, 2.45) is 5.92 Å². The third-order valence-electron chi connectivity index (χ3n) is 2.36. The molecule has 0 spiro atoms. The molecular weight excluding hydrogens is 232 g/mol. The second-order valence-electron chi connectivity index (χ2n) is 5.03. The van der Waals surface area contributed by atoms with Crippen molar-refractivity contribution in [2.75, 3.05) is 27.3 Å². The summed E-state index contributed by atoms with van der Waals surface area (Å²) in [6, 6.07) is -0.460. The molecule has 0 saturated carbocycles. The first-order valence-electron chi connectivity index (χ1n) is 6.46. The Balaban J connectivity index is 4.31. The summed E-state index contributed by atoms with van der Waals surface area (Å²) >= 11 is 0. The molecule has 0 aliphatic carbocycles. The van der Waals surface area contributed by atoms with Crippen LogP contribution in [0.4, 0.5) is 0 Å². The molecule has 18 heavy (non-hydrogen) atoms. The van der Waals surface area contributed by atoms with Crippen LogP contribution >= 0.6 is 0 Å². The zero-order chi connectivity index (χ0) is 14.1. The lowest BCUT2D eigenvalue weighted by Crippen LogP contribution is -2.48. The number of nitrogens with zero attached hydrogens (tertiary/aromatic N) is 1. The Hall–Kier alpha value is -1.10. The normalized spacial score (nSPS) is 12.3. The molecular formula is C13H26N2O3. The van der Waals surface area contributed by atoms with E-state index in [1.807, 2.05) is 20.8 Å². The van der Waals surface area contributed by atoms with Gasteiger partial charge in [-0.2, -0.15) is 0 Å². The molecule has 0 aromatic rings. The summed E-state index contributed by atoms with van der Waals surface area (Å²) in [5.41, 5.74) is 0. The highest BCUT2D eigenvalue weighted by atomic mass is 16.5. The van der Waals surface area contributed by atoms with E-state index in [-0.39, 0.29) is 18.4 Å². The first kappa shape index (κ1) is 16.9. The lowest BCUT2D eigenvalue weighted by atomic mass is 10.0. The van der Waals surface area contributed by atoms with Gasteiger partial charge >= 0.3 is 0 Å². The molecule has 5 heteroatoms. The Morgan fingerprint density at radius 3 is 2.33 bits per heavy atom. The van der Waals surface area contributed by atoms with Gasteiger partial charge in [-0.1, -0.05) is 20.8 Å². The van der Waals surface area contributed by atoms with Gasteiger partial charge in [-0.05, 0) is 18.8 Å². The van der Waals surface area contributed by atoms with Crippen LogP contribution in [-0.2, 0) is 14.3 Å². The summed E-state index contributed by atoms with van der Waals surface area (Å²) < 4.78 is 5.15. The zero-order valence-electron chi connectivity index (χ0n) is 12.2. The topological polar surface area (TPSA) is 58.6 Å². The van der Waals surface area contributed by atoms with Crippen LogP contribution in [0.1, 0.15) is 33.6 Å². The van der Waals surface area contributed by atoms with Crippen LogP contribution in [0.3, 0.4) is 0 Å². The van der Waals surface area contributed by atoms with Crippen LogP contribution in [0.25, 0.3) is 0 Å². The van der Waals surface area contributed by atoms with Gasteiger partial charge in [0, 0.05) is 20.7 Å². The van der Waals surface area contributed by atoms with Crippen molar-refractivity contribution in [3.8, 4) is 0 Å². The average Bonchev–Trinajstić information content (AvgIpc) is 2.26. The van der Waals surface area contributed by atoms with Gasteiger partial charge in [0.25, 0.3) is 0 Å². The van der Waals surface area contributed by atoms with Crippen LogP contribution in [0.2, 0.25) is 0 Å². The number of carbonyl (C=O) groups is 2. The van der Waals surface area contributed by atoms with Crippen molar-refractivity contribution in [3.63, 3.8) is 0 Å². The molecule has 0 heterocycles. The van der Waals surface area contributed by atoms with Gasteiger partial charge in [-0.15, -0.1) is 0 Å². The van der Waals surface area contributed by atoms with E-state index in [1.165, 1.54) is 4.90 Å². The molecule has 0 aliphatic rings. The van der Waals surface area contributed by atoms with Crippen molar-refractivity contribution in [3.05, 3.63) is 0 Å². The maximum absolute atomic E-state index is 11.9. The molecule has 106 valence electrons. The smallest absolute Gasteiger partial charge is 0.246 e. The molecule has 1 unspecified atom stereocenters. The number of rotatable bonds is 8. The fourth-order valence-corrected chi connectivity index (χ4v) is 1.55. The van der Waals surface area contributed by atoms with Gasteiger partial charge in [-0.3, -0.25) is 9.59 Å². The van der Waals surface area contributed by atoms with E-state index < -0.39 is 6.04 Å². The second-order valence-corrected chi connectivity index (χ2v) is 5.03. The lowest BCUT2D eigenvalue weighted by molar-refractivity contribution is -0.136. The average molecular weight is 258 g/mol. The minimum absolute atomic E-state index is 0.0170. The van der Waals surface area contributed by atoms with Crippen molar-refractivity contribution in [1.82, 2.24) is 10.2 Å². The molecule has 1 atom stereocenters.